The van der Waals surface area contributed by atoms with Gasteiger partial charge in [0, 0.05) is 20.4 Å². The van der Waals surface area contributed by atoms with Crippen molar-refractivity contribution in [3.8, 4) is 0 Å². The summed E-state index contributed by atoms with van der Waals surface area (Å²) in [4.78, 5) is 0. The molecule has 2 rings (SSSR count). The molecule has 0 aromatic heterocycles. The average molecular weight is 336 g/mol. The Kier molecular flexibility index (Phi) is 10.4. The summed E-state index contributed by atoms with van der Waals surface area (Å²) in [6.07, 6.45) is 1.00. The molecule has 2 aromatic rings. The molecule has 94 valence electrons. The Morgan fingerprint density at radius 1 is 0.824 bits per heavy atom. The first-order chi connectivity index (χ1) is 7.86. The van der Waals surface area contributed by atoms with Crippen LogP contribution in [0.2, 0.25) is 0 Å². The van der Waals surface area contributed by atoms with Crippen molar-refractivity contribution in [2.45, 2.75) is 13.3 Å². The Hall–Kier alpha value is -0.468. The van der Waals surface area contributed by atoms with Gasteiger partial charge >= 0.3 is 0 Å². The minimum absolute atomic E-state index is 0. The Labute approximate surface area is 120 Å². The Morgan fingerprint density at radius 2 is 1.12 bits per heavy atom. The summed E-state index contributed by atoms with van der Waals surface area (Å²) < 4.78 is 0. The van der Waals surface area contributed by atoms with Crippen LogP contribution in [0.15, 0.2) is 60.7 Å². The number of benzene rings is 2. The van der Waals surface area contributed by atoms with E-state index in [1.807, 2.05) is 6.92 Å². The molecule has 0 spiro atoms. The van der Waals surface area contributed by atoms with Gasteiger partial charge in [-0.05, 0) is 10.6 Å². The van der Waals surface area contributed by atoms with Crippen LogP contribution in [0.1, 0.15) is 13.3 Å². The van der Waals surface area contributed by atoms with E-state index in [0.29, 0.717) is 0 Å². The second kappa shape index (κ2) is 10.7. The minimum Gasteiger partial charge on any atom is -0.344 e. The Bertz CT molecular complexity index is 335. The molecule has 0 bridgehead atoms. The summed E-state index contributed by atoms with van der Waals surface area (Å²) in [5.74, 6) is 0. The van der Waals surface area contributed by atoms with E-state index in [4.69, 9.17) is 0 Å². The quantitative estimate of drug-likeness (QED) is 0.447. The van der Waals surface area contributed by atoms with Crippen LogP contribution >= 0.6 is 8.58 Å². The smallest absolute Gasteiger partial charge is 0 e. The largest absolute Gasteiger partial charge is 0.344 e. The fourth-order valence-corrected chi connectivity index (χ4v) is 2.26. The van der Waals surface area contributed by atoms with Gasteiger partial charge in [-0.15, -0.1) is 0 Å². The van der Waals surface area contributed by atoms with Crippen molar-refractivity contribution < 1.29 is 20.4 Å². The van der Waals surface area contributed by atoms with Crippen LogP contribution in [0.5, 0.6) is 0 Å². The van der Waals surface area contributed by atoms with E-state index in [1.54, 1.807) is 0 Å². The van der Waals surface area contributed by atoms with Crippen molar-refractivity contribution in [2.75, 3.05) is 0 Å². The normalized spacial score (nSPS) is 8.59. The van der Waals surface area contributed by atoms with Gasteiger partial charge in [-0.3, -0.25) is 0 Å². The van der Waals surface area contributed by atoms with Crippen LogP contribution in [0, 0.1) is 6.92 Å². The van der Waals surface area contributed by atoms with Gasteiger partial charge in [0.2, 0.25) is 0 Å². The second-order valence-electron chi connectivity index (χ2n) is 3.36. The summed E-state index contributed by atoms with van der Waals surface area (Å²) in [6.45, 7) is 5.50. The van der Waals surface area contributed by atoms with E-state index in [2.05, 4.69) is 67.6 Å². The van der Waals surface area contributed by atoms with Crippen molar-refractivity contribution in [1.82, 2.24) is 0 Å². The molecular formula is C15H18PPd-. The molecule has 2 heteroatoms. The molecule has 0 amide bonds. The van der Waals surface area contributed by atoms with Gasteiger partial charge in [0.1, 0.15) is 0 Å². The van der Waals surface area contributed by atoms with E-state index in [1.165, 1.54) is 10.6 Å². The third-order valence-electron chi connectivity index (χ3n) is 1.84. The van der Waals surface area contributed by atoms with Gasteiger partial charge in [-0.25, -0.2) is 0 Å². The van der Waals surface area contributed by atoms with Gasteiger partial charge in [-0.2, -0.15) is 6.42 Å². The molecule has 17 heavy (non-hydrogen) atoms. The minimum atomic E-state index is 0. The first kappa shape index (κ1) is 16.5. The molecule has 0 aliphatic carbocycles. The summed E-state index contributed by atoms with van der Waals surface area (Å²) in [5.41, 5.74) is 0. The molecule has 2 aromatic carbocycles. The predicted molar refractivity (Wildman–Crippen MR) is 76.1 cm³/mol. The van der Waals surface area contributed by atoms with E-state index in [9.17, 15) is 0 Å². The molecule has 0 nitrogen and oxygen atoms in total. The molecule has 0 radical (unpaired) electrons. The molecule has 0 saturated heterocycles. The maximum Gasteiger partial charge on any atom is 0 e. The molecule has 0 heterocycles. The van der Waals surface area contributed by atoms with Crippen LogP contribution in [-0.2, 0) is 20.4 Å². The van der Waals surface area contributed by atoms with Crippen molar-refractivity contribution in [1.29, 1.82) is 0 Å². The van der Waals surface area contributed by atoms with E-state index < -0.39 is 0 Å². The fraction of sp³-hybridized carbons (Fsp3) is 0.133. The fourth-order valence-electron chi connectivity index (χ4n) is 1.21. The number of rotatable bonds is 2. The maximum absolute atomic E-state index is 3.49. The monoisotopic (exact) mass is 335 g/mol. The second-order valence-corrected chi connectivity index (χ2v) is 4.76. The zero-order valence-electron chi connectivity index (χ0n) is 10.0. The summed E-state index contributed by atoms with van der Waals surface area (Å²) in [5, 5.41) is 2.79. The van der Waals surface area contributed by atoms with Crippen molar-refractivity contribution in [3.63, 3.8) is 0 Å². The van der Waals surface area contributed by atoms with Crippen LogP contribution in [0.25, 0.3) is 0 Å². The molecule has 0 unspecified atom stereocenters. The van der Waals surface area contributed by atoms with Crippen molar-refractivity contribution in [3.05, 3.63) is 67.6 Å². The first-order valence-corrected chi connectivity index (χ1v) is 6.53. The van der Waals surface area contributed by atoms with E-state index in [0.717, 1.165) is 15.0 Å². The Balaban J connectivity index is 0.000000583. The zero-order chi connectivity index (χ0) is 11.6. The summed E-state index contributed by atoms with van der Waals surface area (Å²) in [7, 11) is 0.777. The van der Waals surface area contributed by atoms with Gasteiger partial charge in [0.15, 0.2) is 0 Å². The van der Waals surface area contributed by atoms with Gasteiger partial charge in [0.25, 0.3) is 0 Å². The van der Waals surface area contributed by atoms with E-state index in [-0.39, 0.29) is 20.4 Å². The third-order valence-corrected chi connectivity index (χ3v) is 3.08. The summed E-state index contributed by atoms with van der Waals surface area (Å²) >= 11 is 0. The van der Waals surface area contributed by atoms with E-state index >= 15 is 0 Å². The molecule has 0 atom stereocenters. The average Bonchev–Trinajstić information content (AvgIpc) is 2.33. The predicted octanol–water partition coefficient (Wildman–Crippen LogP) is 3.54. The molecular weight excluding hydrogens is 318 g/mol. The molecule has 0 saturated carbocycles. The van der Waals surface area contributed by atoms with Gasteiger partial charge in [0.05, 0.1) is 0 Å². The van der Waals surface area contributed by atoms with Crippen LogP contribution in [0.3, 0.4) is 0 Å². The SMILES string of the molecule is [CH2-]CC.[Pd].c1ccc(Pc2ccccc2)cc1. The van der Waals surface area contributed by atoms with Gasteiger partial charge < -0.3 is 6.92 Å². The number of hydrogen-bond acceptors (Lipinski definition) is 0. The van der Waals surface area contributed by atoms with Crippen LogP contribution < -0.4 is 10.6 Å². The molecule has 0 aliphatic rings. The molecule has 0 N–H and O–H groups in total. The zero-order valence-corrected chi connectivity index (χ0v) is 12.6. The Morgan fingerprint density at radius 3 is 1.41 bits per heavy atom. The van der Waals surface area contributed by atoms with Crippen molar-refractivity contribution >= 4 is 19.2 Å². The van der Waals surface area contributed by atoms with Crippen molar-refractivity contribution in [2.24, 2.45) is 0 Å². The third kappa shape index (κ3) is 7.46. The molecule has 0 fully saturated rings. The van der Waals surface area contributed by atoms with Gasteiger partial charge in [-0.1, -0.05) is 76.2 Å². The maximum atomic E-state index is 3.49. The van der Waals surface area contributed by atoms with Crippen LogP contribution in [-0.4, -0.2) is 0 Å². The standard InChI is InChI=1S/C12H11P.C3H7.Pd/c1-3-7-11(8-4-1)13-12-9-5-2-6-10-12;1-3-2;/h1-10,13H;1,3H2,2H3;/q;-1;. The number of hydrogen-bond donors (Lipinski definition) is 0. The topological polar surface area (TPSA) is 0 Å². The van der Waals surface area contributed by atoms with Crippen LogP contribution in [0.4, 0.5) is 0 Å². The first-order valence-electron chi connectivity index (χ1n) is 5.53. The molecule has 0 aliphatic heterocycles. The summed E-state index contributed by atoms with van der Waals surface area (Å²) in [6, 6.07) is 21.2.